The predicted molar refractivity (Wildman–Crippen MR) is 65.0 cm³/mol. The molecule has 0 radical (unpaired) electrons. The molecule has 0 amide bonds. The summed E-state index contributed by atoms with van der Waals surface area (Å²) < 4.78 is 10.9. The van der Waals surface area contributed by atoms with E-state index in [4.69, 9.17) is 9.26 Å². The standard InChI is InChI=1S/C11H17N3O2S/c1-2-8(15-4-1)6-10-13-11(16-14-10)9-7-17-5-3-12-9/h8-9,12H,1-7H2. The van der Waals surface area contributed by atoms with Gasteiger partial charge < -0.3 is 14.6 Å². The number of hydrogen-bond acceptors (Lipinski definition) is 6. The summed E-state index contributed by atoms with van der Waals surface area (Å²) in [4.78, 5) is 4.46. The molecule has 17 heavy (non-hydrogen) atoms. The van der Waals surface area contributed by atoms with E-state index in [9.17, 15) is 0 Å². The van der Waals surface area contributed by atoms with Gasteiger partial charge in [0.15, 0.2) is 5.82 Å². The second-order valence-electron chi connectivity index (χ2n) is 4.47. The van der Waals surface area contributed by atoms with Crippen LogP contribution in [0.3, 0.4) is 0 Å². The molecule has 3 heterocycles. The molecule has 1 aromatic rings. The van der Waals surface area contributed by atoms with Gasteiger partial charge in [-0.25, -0.2) is 0 Å². The maximum absolute atomic E-state index is 5.57. The van der Waals surface area contributed by atoms with Crippen LogP contribution in [0.4, 0.5) is 0 Å². The van der Waals surface area contributed by atoms with Gasteiger partial charge >= 0.3 is 0 Å². The number of nitrogens with zero attached hydrogens (tertiary/aromatic N) is 2. The van der Waals surface area contributed by atoms with Crippen LogP contribution in [0.15, 0.2) is 4.52 Å². The number of aromatic nitrogens is 2. The summed E-state index contributed by atoms with van der Waals surface area (Å²) in [5.41, 5.74) is 0. The lowest BCUT2D eigenvalue weighted by Gasteiger charge is -2.19. The summed E-state index contributed by atoms with van der Waals surface area (Å²) in [5.74, 6) is 3.68. The second kappa shape index (κ2) is 5.37. The lowest BCUT2D eigenvalue weighted by Crippen LogP contribution is -2.30. The molecule has 2 aliphatic heterocycles. The molecule has 1 N–H and O–H groups in total. The monoisotopic (exact) mass is 255 g/mol. The van der Waals surface area contributed by atoms with Crippen molar-refractivity contribution in [3.05, 3.63) is 11.7 Å². The Bertz CT molecular complexity index is 359. The average Bonchev–Trinajstić information content (AvgIpc) is 3.02. The summed E-state index contributed by atoms with van der Waals surface area (Å²) >= 11 is 1.93. The van der Waals surface area contributed by atoms with Crippen LogP contribution in [0.1, 0.15) is 30.6 Å². The summed E-state index contributed by atoms with van der Waals surface area (Å²) in [6, 6.07) is 0.222. The van der Waals surface area contributed by atoms with Crippen molar-refractivity contribution in [1.29, 1.82) is 0 Å². The van der Waals surface area contributed by atoms with Crippen molar-refractivity contribution in [2.75, 3.05) is 24.7 Å². The molecule has 0 spiro atoms. The fourth-order valence-electron chi connectivity index (χ4n) is 2.22. The number of thioether (sulfide) groups is 1. The van der Waals surface area contributed by atoms with Crippen LogP contribution < -0.4 is 5.32 Å². The highest BCUT2D eigenvalue weighted by Crippen LogP contribution is 2.21. The zero-order valence-corrected chi connectivity index (χ0v) is 10.5. The zero-order chi connectivity index (χ0) is 11.5. The molecule has 2 fully saturated rings. The van der Waals surface area contributed by atoms with E-state index in [1.807, 2.05) is 11.8 Å². The van der Waals surface area contributed by atoms with Gasteiger partial charge in [-0.3, -0.25) is 0 Å². The van der Waals surface area contributed by atoms with E-state index < -0.39 is 0 Å². The Hall–Kier alpha value is -0.590. The molecule has 0 aliphatic carbocycles. The van der Waals surface area contributed by atoms with E-state index >= 15 is 0 Å². The van der Waals surface area contributed by atoms with Crippen molar-refractivity contribution in [2.24, 2.45) is 0 Å². The van der Waals surface area contributed by atoms with Crippen LogP contribution in [-0.4, -0.2) is 40.9 Å². The van der Waals surface area contributed by atoms with E-state index in [1.54, 1.807) is 0 Å². The van der Waals surface area contributed by atoms with Gasteiger partial charge in [-0.1, -0.05) is 5.16 Å². The van der Waals surface area contributed by atoms with Gasteiger partial charge in [-0.05, 0) is 12.8 Å². The quantitative estimate of drug-likeness (QED) is 0.875. The summed E-state index contributed by atoms with van der Waals surface area (Å²) in [7, 11) is 0. The molecule has 2 atom stereocenters. The molecular formula is C11H17N3O2S. The number of nitrogens with one attached hydrogen (secondary N) is 1. The lowest BCUT2D eigenvalue weighted by molar-refractivity contribution is 0.109. The fraction of sp³-hybridized carbons (Fsp3) is 0.818. The molecule has 2 unspecified atom stereocenters. The number of ether oxygens (including phenoxy) is 1. The Balaban J connectivity index is 1.60. The zero-order valence-electron chi connectivity index (χ0n) is 9.72. The van der Waals surface area contributed by atoms with E-state index in [0.717, 1.165) is 55.6 Å². The van der Waals surface area contributed by atoms with Gasteiger partial charge in [0.05, 0.1) is 12.1 Å². The first kappa shape index (κ1) is 11.5. The van der Waals surface area contributed by atoms with Crippen molar-refractivity contribution >= 4 is 11.8 Å². The van der Waals surface area contributed by atoms with Crippen molar-refractivity contribution in [3.63, 3.8) is 0 Å². The topological polar surface area (TPSA) is 60.2 Å². The third kappa shape index (κ3) is 2.81. The molecule has 0 bridgehead atoms. The second-order valence-corrected chi connectivity index (χ2v) is 5.62. The van der Waals surface area contributed by atoms with Crippen LogP contribution in [0, 0.1) is 0 Å². The van der Waals surface area contributed by atoms with E-state index in [0.29, 0.717) is 0 Å². The first-order chi connectivity index (χ1) is 8.42. The maximum atomic E-state index is 5.57. The van der Waals surface area contributed by atoms with Crippen LogP contribution in [0.5, 0.6) is 0 Å². The Morgan fingerprint density at radius 2 is 2.47 bits per heavy atom. The highest BCUT2D eigenvalue weighted by atomic mass is 32.2. The minimum atomic E-state index is 0.222. The van der Waals surface area contributed by atoms with E-state index in [2.05, 4.69) is 15.5 Å². The number of hydrogen-bond donors (Lipinski definition) is 1. The van der Waals surface area contributed by atoms with Gasteiger partial charge in [0, 0.05) is 31.1 Å². The fourth-order valence-corrected chi connectivity index (χ4v) is 3.15. The van der Waals surface area contributed by atoms with Gasteiger partial charge in [0.1, 0.15) is 0 Å². The molecule has 2 saturated heterocycles. The Labute approximate surface area is 105 Å². The highest BCUT2D eigenvalue weighted by Gasteiger charge is 2.23. The van der Waals surface area contributed by atoms with Crippen molar-refractivity contribution in [1.82, 2.24) is 15.5 Å². The predicted octanol–water partition coefficient (Wildman–Crippen LogP) is 1.17. The van der Waals surface area contributed by atoms with Gasteiger partial charge in [-0.2, -0.15) is 16.7 Å². The van der Waals surface area contributed by atoms with Crippen molar-refractivity contribution in [3.8, 4) is 0 Å². The Morgan fingerprint density at radius 3 is 3.24 bits per heavy atom. The maximum Gasteiger partial charge on any atom is 0.244 e. The molecule has 0 aromatic carbocycles. The summed E-state index contributed by atoms with van der Waals surface area (Å²) in [6.45, 7) is 1.88. The smallest absolute Gasteiger partial charge is 0.244 e. The van der Waals surface area contributed by atoms with Gasteiger partial charge in [-0.15, -0.1) is 0 Å². The van der Waals surface area contributed by atoms with Crippen LogP contribution in [-0.2, 0) is 11.2 Å². The minimum Gasteiger partial charge on any atom is -0.378 e. The molecule has 1 aromatic heterocycles. The normalized spacial score (nSPS) is 29.6. The molecule has 3 rings (SSSR count). The molecule has 94 valence electrons. The van der Waals surface area contributed by atoms with E-state index in [1.165, 1.54) is 0 Å². The summed E-state index contributed by atoms with van der Waals surface area (Å²) in [6.07, 6.45) is 3.33. The molecule has 5 nitrogen and oxygen atoms in total. The SMILES string of the molecule is C1COC(Cc2noc(C3CSCCN3)n2)C1. The highest BCUT2D eigenvalue weighted by molar-refractivity contribution is 7.99. The first-order valence-electron chi connectivity index (χ1n) is 6.17. The third-order valence-electron chi connectivity index (χ3n) is 3.14. The van der Waals surface area contributed by atoms with Crippen LogP contribution in [0.25, 0.3) is 0 Å². The Morgan fingerprint density at radius 1 is 1.47 bits per heavy atom. The van der Waals surface area contributed by atoms with E-state index in [-0.39, 0.29) is 12.1 Å². The number of rotatable bonds is 3. The molecule has 2 aliphatic rings. The first-order valence-corrected chi connectivity index (χ1v) is 7.32. The van der Waals surface area contributed by atoms with Gasteiger partial charge in [0.2, 0.25) is 5.89 Å². The van der Waals surface area contributed by atoms with Crippen molar-refractivity contribution in [2.45, 2.75) is 31.4 Å². The van der Waals surface area contributed by atoms with Crippen LogP contribution >= 0.6 is 11.8 Å². The summed E-state index contributed by atoms with van der Waals surface area (Å²) in [5, 5.41) is 7.43. The van der Waals surface area contributed by atoms with Crippen molar-refractivity contribution < 1.29 is 9.26 Å². The largest absolute Gasteiger partial charge is 0.378 e. The molecule has 6 heteroatoms. The Kier molecular flexibility index (Phi) is 3.63. The molecule has 0 saturated carbocycles. The van der Waals surface area contributed by atoms with Gasteiger partial charge in [0.25, 0.3) is 0 Å². The minimum absolute atomic E-state index is 0.222. The van der Waals surface area contributed by atoms with Crippen LogP contribution in [0.2, 0.25) is 0 Å². The third-order valence-corrected chi connectivity index (χ3v) is 4.20. The lowest BCUT2D eigenvalue weighted by atomic mass is 10.2. The molecular weight excluding hydrogens is 238 g/mol. The average molecular weight is 255 g/mol.